The maximum absolute atomic E-state index is 7.89. The van der Waals surface area contributed by atoms with Gasteiger partial charge in [-0.15, -0.1) is 18.2 Å². The van der Waals surface area contributed by atoms with E-state index >= 15 is 0 Å². The number of halogens is 1. The highest BCUT2D eigenvalue weighted by atomic mass is 35.5. The summed E-state index contributed by atoms with van der Waals surface area (Å²) in [5.74, 6) is 0. The lowest BCUT2D eigenvalue weighted by molar-refractivity contribution is 0.510. The third kappa shape index (κ3) is 8.32. The van der Waals surface area contributed by atoms with Crippen molar-refractivity contribution in [2.45, 2.75) is 96.3 Å². The number of rotatable bonds is 17. The van der Waals surface area contributed by atoms with Gasteiger partial charge in [-0.3, -0.25) is 0 Å². The Morgan fingerprint density at radius 3 is 1.49 bits per heavy atom. The predicted octanol–water partition coefficient (Wildman–Crippen LogP) is 9.51. The number of benzene rings is 3. The van der Waals surface area contributed by atoms with E-state index in [0.717, 1.165) is 25.7 Å². The maximum atomic E-state index is 7.89. The molecule has 0 saturated carbocycles. The van der Waals surface area contributed by atoms with Crippen LogP contribution in [0, 0.1) is 0 Å². The molecule has 0 N–H and O–H groups in total. The van der Waals surface area contributed by atoms with Gasteiger partial charge in [0, 0.05) is 0 Å². The Morgan fingerprint density at radius 2 is 1.08 bits per heavy atom. The van der Waals surface area contributed by atoms with Gasteiger partial charge in [-0.25, -0.2) is 0 Å². The molecular formula is C37H49ClSi. The smallest absolute Gasteiger partial charge is 0.115 e. The summed E-state index contributed by atoms with van der Waals surface area (Å²) < 4.78 is 0. The zero-order valence-corrected chi connectivity index (χ0v) is 26.4. The molecular weight excluding hydrogens is 508 g/mol. The van der Waals surface area contributed by atoms with Crippen LogP contribution in [0.5, 0.6) is 0 Å². The zero-order valence-electron chi connectivity index (χ0n) is 24.6. The second-order valence-electron chi connectivity index (χ2n) is 11.3. The molecule has 3 aromatic carbocycles. The fraction of sp³-hybridized carbons (Fsp3) is 0.405. The van der Waals surface area contributed by atoms with Crippen LogP contribution in [0.4, 0.5) is 0 Å². The summed E-state index contributed by atoms with van der Waals surface area (Å²) in [6.45, 7) is 11.6. The van der Waals surface area contributed by atoms with E-state index in [0.29, 0.717) is 0 Å². The molecule has 0 amide bonds. The molecule has 3 rings (SSSR count). The molecule has 0 aliphatic rings. The van der Waals surface area contributed by atoms with Gasteiger partial charge in [0.25, 0.3) is 0 Å². The van der Waals surface area contributed by atoms with Crippen molar-refractivity contribution in [2.24, 2.45) is 0 Å². The first-order valence-electron chi connectivity index (χ1n) is 15.1. The first-order chi connectivity index (χ1) is 18.9. The molecule has 0 bridgehead atoms. The van der Waals surface area contributed by atoms with E-state index < -0.39 is 12.9 Å². The molecule has 0 fully saturated rings. The Morgan fingerprint density at radius 1 is 0.667 bits per heavy atom. The third-order valence-corrected chi connectivity index (χ3v) is 13.9. The molecule has 1 unspecified atom stereocenters. The monoisotopic (exact) mass is 556 g/mol. The minimum atomic E-state index is -2.68. The molecule has 0 spiro atoms. The molecule has 2 heteroatoms. The zero-order chi connectivity index (χ0) is 28.0. The maximum Gasteiger partial charge on any atom is 0.176 e. The molecule has 39 heavy (non-hydrogen) atoms. The third-order valence-electron chi connectivity index (χ3n) is 8.13. The van der Waals surface area contributed by atoms with Gasteiger partial charge in [0.1, 0.15) is 0 Å². The van der Waals surface area contributed by atoms with Crippen LogP contribution in [0.25, 0.3) is 0 Å². The van der Waals surface area contributed by atoms with Crippen LogP contribution in [0.2, 0.25) is 0 Å². The van der Waals surface area contributed by atoms with Crippen LogP contribution in [0.1, 0.15) is 91.4 Å². The largest absolute Gasteiger partial charge is 0.176 e. The minimum Gasteiger partial charge on any atom is -0.115 e. The van der Waals surface area contributed by atoms with Crippen molar-refractivity contribution >= 4 is 35.2 Å². The van der Waals surface area contributed by atoms with Crippen molar-refractivity contribution in [3.8, 4) is 0 Å². The van der Waals surface area contributed by atoms with E-state index in [9.17, 15) is 0 Å². The molecule has 1 atom stereocenters. The number of allylic oxidation sites excluding steroid dienone is 3. The summed E-state index contributed by atoms with van der Waals surface area (Å²) >= 11 is 7.89. The van der Waals surface area contributed by atoms with Crippen molar-refractivity contribution in [1.29, 1.82) is 0 Å². The summed E-state index contributed by atoms with van der Waals surface area (Å²) in [6, 6.07) is 33.2. The van der Waals surface area contributed by atoms with E-state index in [4.69, 9.17) is 18.2 Å². The molecule has 0 nitrogen and oxygen atoms in total. The van der Waals surface area contributed by atoms with Crippen molar-refractivity contribution in [2.75, 3.05) is 0 Å². The fourth-order valence-electron chi connectivity index (χ4n) is 5.98. The van der Waals surface area contributed by atoms with Gasteiger partial charge in [0.15, 0.2) is 8.07 Å². The SMILES string of the molecule is C=C(C(Cl)(CCC=C(C)C)CCCCCCCCCC)[Si](c1ccccc1)(c1ccccc1)c1ccccc1. The minimum absolute atomic E-state index is 0.470. The normalized spacial score (nSPS) is 13.0. The lowest BCUT2D eigenvalue weighted by Gasteiger charge is -2.43. The number of alkyl halides is 1. The topological polar surface area (TPSA) is 0 Å². The van der Waals surface area contributed by atoms with E-state index in [-0.39, 0.29) is 0 Å². The Kier molecular flexibility index (Phi) is 12.8. The van der Waals surface area contributed by atoms with E-state index in [1.54, 1.807) is 0 Å². The number of hydrogen-bond acceptors (Lipinski definition) is 0. The van der Waals surface area contributed by atoms with Crippen molar-refractivity contribution < 1.29 is 0 Å². The van der Waals surface area contributed by atoms with Gasteiger partial charge in [0.2, 0.25) is 0 Å². The van der Waals surface area contributed by atoms with Crippen LogP contribution in [0.15, 0.2) is 114 Å². The summed E-state index contributed by atoms with van der Waals surface area (Å²) in [5, 5.41) is 5.30. The van der Waals surface area contributed by atoms with Gasteiger partial charge in [-0.05, 0) is 48.7 Å². The van der Waals surface area contributed by atoms with Gasteiger partial charge >= 0.3 is 0 Å². The first-order valence-corrected chi connectivity index (χ1v) is 17.5. The summed E-state index contributed by atoms with van der Waals surface area (Å²) in [6.07, 6.45) is 15.6. The molecule has 208 valence electrons. The highest BCUT2D eigenvalue weighted by molar-refractivity contribution is 7.16. The average Bonchev–Trinajstić information content (AvgIpc) is 2.96. The summed E-state index contributed by atoms with van der Waals surface area (Å²) in [4.78, 5) is -0.470. The Labute approximate surface area is 245 Å². The molecule has 3 aromatic rings. The van der Waals surface area contributed by atoms with Crippen molar-refractivity contribution in [1.82, 2.24) is 0 Å². The Hall–Kier alpha value is -2.35. The summed E-state index contributed by atoms with van der Waals surface area (Å²) in [7, 11) is -2.68. The van der Waals surface area contributed by atoms with E-state index in [1.807, 2.05) is 0 Å². The lowest BCUT2D eigenvalue weighted by Crippen LogP contribution is -2.71. The second-order valence-corrected chi connectivity index (χ2v) is 15.9. The number of hydrogen-bond donors (Lipinski definition) is 0. The molecule has 0 aliphatic carbocycles. The fourth-order valence-corrected chi connectivity index (χ4v) is 11.7. The first kappa shape index (κ1) is 31.2. The number of unbranched alkanes of at least 4 members (excludes halogenated alkanes) is 7. The van der Waals surface area contributed by atoms with Crippen LogP contribution < -0.4 is 15.6 Å². The van der Waals surface area contributed by atoms with Gasteiger partial charge in [-0.2, -0.15) is 0 Å². The quantitative estimate of drug-likeness (QED) is 0.0510. The highest BCUT2D eigenvalue weighted by Crippen LogP contribution is 2.40. The van der Waals surface area contributed by atoms with E-state index in [1.165, 1.54) is 71.3 Å². The predicted molar refractivity (Wildman–Crippen MR) is 178 cm³/mol. The van der Waals surface area contributed by atoms with Crippen LogP contribution in [0.3, 0.4) is 0 Å². The molecule has 0 radical (unpaired) electrons. The lowest BCUT2D eigenvalue weighted by atomic mass is 9.93. The van der Waals surface area contributed by atoms with Gasteiger partial charge < -0.3 is 0 Å². The standard InChI is InChI=1S/C37H49ClSi/c1-5-6-7-8-9-10-11-21-30-37(38,31-22-23-32(2)3)33(4)39(34-24-15-12-16-25-34,35-26-17-13-18-27-35)36-28-19-14-20-29-36/h12-20,23-29H,4-11,21-22,30-31H2,1-3H3. The highest BCUT2D eigenvalue weighted by Gasteiger charge is 2.49. The van der Waals surface area contributed by atoms with Crippen LogP contribution in [-0.2, 0) is 0 Å². The Bertz CT molecular complexity index is 1040. The molecule has 0 heterocycles. The Balaban J connectivity index is 2.03. The van der Waals surface area contributed by atoms with Crippen LogP contribution >= 0.6 is 11.6 Å². The molecule has 0 aromatic heterocycles. The van der Waals surface area contributed by atoms with E-state index in [2.05, 4.69) is 118 Å². The van der Waals surface area contributed by atoms with Crippen molar-refractivity contribution in [3.05, 3.63) is 114 Å². The summed E-state index contributed by atoms with van der Waals surface area (Å²) in [5.41, 5.74) is 1.35. The van der Waals surface area contributed by atoms with Crippen LogP contribution in [-0.4, -0.2) is 12.9 Å². The second kappa shape index (κ2) is 16.0. The van der Waals surface area contributed by atoms with Crippen molar-refractivity contribution in [3.63, 3.8) is 0 Å². The van der Waals surface area contributed by atoms with Gasteiger partial charge in [0.05, 0.1) is 4.87 Å². The van der Waals surface area contributed by atoms with Gasteiger partial charge in [-0.1, -0.05) is 166 Å². The molecule has 0 saturated heterocycles. The molecule has 0 aliphatic heterocycles. The average molecular weight is 557 g/mol.